The summed E-state index contributed by atoms with van der Waals surface area (Å²) in [6.45, 7) is 4.54. The lowest BCUT2D eigenvalue weighted by Gasteiger charge is -2.31. The van der Waals surface area contributed by atoms with Crippen LogP contribution in [-0.4, -0.2) is 50.2 Å². The van der Waals surface area contributed by atoms with Crippen LogP contribution in [0.25, 0.3) is 0 Å². The summed E-state index contributed by atoms with van der Waals surface area (Å²) in [6.07, 6.45) is 12.4. The van der Waals surface area contributed by atoms with Gasteiger partial charge in [0.15, 0.2) is 0 Å². The highest BCUT2D eigenvalue weighted by Gasteiger charge is 2.48. The Morgan fingerprint density at radius 2 is 1.88 bits per heavy atom. The fourth-order valence-corrected chi connectivity index (χ4v) is 4.71. The first kappa shape index (κ1) is 18.7. The first-order valence-electron chi connectivity index (χ1n) is 10.7. The fourth-order valence-electron chi connectivity index (χ4n) is 4.71. The minimum Gasteiger partial charge on any atom is -0.465 e. The van der Waals surface area contributed by atoms with E-state index in [1.807, 2.05) is 0 Å². The molecule has 0 aromatic rings. The van der Waals surface area contributed by atoms with Crippen LogP contribution < -0.4 is 0 Å². The van der Waals surface area contributed by atoms with E-state index in [1.165, 1.54) is 12.8 Å². The number of carbonyl (C=O) groups excluding carboxylic acids is 1. The van der Waals surface area contributed by atoms with Crippen molar-refractivity contribution in [2.45, 2.75) is 95.5 Å². The molecular weight excluding hydrogens is 332 g/mol. The molecule has 0 aromatic heterocycles. The first-order valence-corrected chi connectivity index (χ1v) is 10.7. The smallest absolute Gasteiger partial charge is 0.305 e. The van der Waals surface area contributed by atoms with Crippen molar-refractivity contribution in [3.63, 3.8) is 0 Å². The Labute approximate surface area is 157 Å². The van der Waals surface area contributed by atoms with E-state index in [4.69, 9.17) is 18.9 Å². The summed E-state index contributed by atoms with van der Waals surface area (Å²) in [5.41, 5.74) is 0.298. The number of hydrogen-bond donors (Lipinski definition) is 0. The van der Waals surface area contributed by atoms with E-state index in [9.17, 15) is 4.79 Å². The lowest BCUT2D eigenvalue weighted by atomic mass is 9.76. The molecule has 2 aliphatic carbocycles. The molecule has 0 aromatic carbocycles. The minimum absolute atomic E-state index is 0.0431. The predicted molar refractivity (Wildman–Crippen MR) is 96.9 cm³/mol. The van der Waals surface area contributed by atoms with E-state index < -0.39 is 0 Å². The molecule has 0 bridgehead atoms. The molecule has 26 heavy (non-hydrogen) atoms. The zero-order chi connectivity index (χ0) is 18.0. The topological polar surface area (TPSA) is 60.6 Å². The van der Waals surface area contributed by atoms with E-state index in [1.54, 1.807) is 0 Å². The van der Waals surface area contributed by atoms with Gasteiger partial charge in [0, 0.05) is 13.0 Å². The molecule has 4 rings (SSSR count). The third kappa shape index (κ3) is 5.20. The summed E-state index contributed by atoms with van der Waals surface area (Å²) in [5.74, 6) is 0.465. The van der Waals surface area contributed by atoms with Crippen molar-refractivity contribution in [3.05, 3.63) is 0 Å². The number of rotatable bonds is 10. The summed E-state index contributed by atoms with van der Waals surface area (Å²) in [4.78, 5) is 11.9. The predicted octanol–water partition coefficient (Wildman–Crippen LogP) is 3.63. The molecule has 2 aliphatic heterocycles. The van der Waals surface area contributed by atoms with E-state index in [0.717, 1.165) is 58.2 Å². The van der Waals surface area contributed by atoms with Crippen molar-refractivity contribution >= 4 is 5.97 Å². The van der Waals surface area contributed by atoms with Crippen LogP contribution in [0.15, 0.2) is 0 Å². The number of hydrogen-bond acceptors (Lipinski definition) is 5. The van der Waals surface area contributed by atoms with Gasteiger partial charge >= 0.3 is 5.97 Å². The van der Waals surface area contributed by atoms with Crippen LogP contribution >= 0.6 is 0 Å². The quantitative estimate of drug-likeness (QED) is 0.336. The van der Waals surface area contributed by atoms with Crippen LogP contribution in [0.1, 0.15) is 71.1 Å². The highest BCUT2D eigenvalue weighted by molar-refractivity contribution is 5.69. The van der Waals surface area contributed by atoms with Crippen LogP contribution in [-0.2, 0) is 23.7 Å². The molecule has 4 aliphatic rings. The van der Waals surface area contributed by atoms with E-state index in [-0.39, 0.29) is 5.97 Å². The Morgan fingerprint density at radius 1 is 1.04 bits per heavy atom. The SMILES string of the molecule is CC1(COCCCCCC(=O)OCC2CCC3OC3C2)CCC2OC2C1. The maximum absolute atomic E-state index is 11.9. The minimum atomic E-state index is -0.0431. The maximum atomic E-state index is 11.9. The molecule has 148 valence electrons. The monoisotopic (exact) mass is 366 g/mol. The van der Waals surface area contributed by atoms with Gasteiger partial charge in [0.1, 0.15) is 0 Å². The van der Waals surface area contributed by atoms with Crippen LogP contribution in [0.3, 0.4) is 0 Å². The molecule has 6 atom stereocenters. The van der Waals surface area contributed by atoms with Crippen LogP contribution in [0.2, 0.25) is 0 Å². The first-order chi connectivity index (χ1) is 12.6. The Morgan fingerprint density at radius 3 is 2.73 bits per heavy atom. The molecule has 0 N–H and O–H groups in total. The Kier molecular flexibility index (Phi) is 5.87. The molecule has 5 nitrogen and oxygen atoms in total. The molecule has 5 heteroatoms. The normalized spacial score (nSPS) is 40.4. The molecule has 2 saturated heterocycles. The highest BCUT2D eigenvalue weighted by Crippen LogP contribution is 2.46. The van der Waals surface area contributed by atoms with Gasteiger partial charge < -0.3 is 18.9 Å². The van der Waals surface area contributed by atoms with Crippen LogP contribution in [0, 0.1) is 11.3 Å². The number of esters is 1. The highest BCUT2D eigenvalue weighted by atomic mass is 16.6. The van der Waals surface area contributed by atoms with Gasteiger partial charge in [0.05, 0.1) is 37.6 Å². The second-order valence-electron chi connectivity index (χ2n) is 9.20. The van der Waals surface area contributed by atoms with Gasteiger partial charge in [-0.15, -0.1) is 0 Å². The summed E-state index contributed by atoms with van der Waals surface area (Å²) in [7, 11) is 0. The lowest BCUT2D eigenvalue weighted by Crippen LogP contribution is -2.29. The third-order valence-electron chi connectivity index (χ3n) is 6.63. The number of unbranched alkanes of at least 4 members (excludes halogenated alkanes) is 2. The molecule has 2 saturated carbocycles. The summed E-state index contributed by atoms with van der Waals surface area (Å²) in [5, 5.41) is 0. The largest absolute Gasteiger partial charge is 0.465 e. The average Bonchev–Trinajstić information content (AvgIpc) is 3.53. The Bertz CT molecular complexity index is 495. The van der Waals surface area contributed by atoms with E-state index in [2.05, 4.69) is 6.92 Å². The molecule has 0 radical (unpaired) electrons. The summed E-state index contributed by atoms with van der Waals surface area (Å²) in [6, 6.07) is 0. The van der Waals surface area contributed by atoms with Crippen LogP contribution in [0.4, 0.5) is 0 Å². The second kappa shape index (κ2) is 8.15. The Balaban J connectivity index is 0.974. The van der Waals surface area contributed by atoms with Gasteiger partial charge in [0.2, 0.25) is 0 Å². The molecule has 0 amide bonds. The zero-order valence-electron chi connectivity index (χ0n) is 16.1. The lowest BCUT2D eigenvalue weighted by molar-refractivity contribution is -0.145. The second-order valence-corrected chi connectivity index (χ2v) is 9.20. The number of carbonyl (C=O) groups is 1. The maximum Gasteiger partial charge on any atom is 0.305 e. The summed E-state index contributed by atoms with van der Waals surface area (Å²) < 4.78 is 22.5. The third-order valence-corrected chi connectivity index (χ3v) is 6.63. The van der Waals surface area contributed by atoms with Gasteiger partial charge in [-0.3, -0.25) is 4.79 Å². The molecule has 6 unspecified atom stereocenters. The number of ether oxygens (including phenoxy) is 4. The van der Waals surface area contributed by atoms with Gasteiger partial charge in [-0.25, -0.2) is 0 Å². The van der Waals surface area contributed by atoms with Gasteiger partial charge in [-0.2, -0.15) is 0 Å². The van der Waals surface area contributed by atoms with Crippen molar-refractivity contribution in [3.8, 4) is 0 Å². The molecule has 4 fully saturated rings. The van der Waals surface area contributed by atoms with Crippen molar-refractivity contribution in [2.24, 2.45) is 11.3 Å². The average molecular weight is 366 g/mol. The zero-order valence-corrected chi connectivity index (χ0v) is 16.1. The van der Waals surface area contributed by atoms with Crippen molar-refractivity contribution in [2.75, 3.05) is 19.8 Å². The molecule has 0 spiro atoms. The standard InChI is InChI=1S/C21H34O5/c1-21(9-8-17-19(12-21)26-17)14-23-10-4-2-3-5-20(22)24-13-15-6-7-16-18(11-15)25-16/h15-19H,2-14H2,1H3. The number of epoxide rings is 2. The van der Waals surface area contributed by atoms with Crippen LogP contribution in [0.5, 0.6) is 0 Å². The van der Waals surface area contributed by atoms with Gasteiger partial charge in [-0.1, -0.05) is 13.3 Å². The van der Waals surface area contributed by atoms with Crippen molar-refractivity contribution in [1.29, 1.82) is 0 Å². The number of fused-ring (bicyclic) bond motifs is 2. The van der Waals surface area contributed by atoms with E-state index in [0.29, 0.717) is 48.8 Å². The van der Waals surface area contributed by atoms with Crippen molar-refractivity contribution in [1.82, 2.24) is 0 Å². The van der Waals surface area contributed by atoms with Gasteiger partial charge in [-0.05, 0) is 62.7 Å². The molecular formula is C21H34O5. The van der Waals surface area contributed by atoms with E-state index >= 15 is 0 Å². The molecule has 2 heterocycles. The van der Waals surface area contributed by atoms with Gasteiger partial charge in [0.25, 0.3) is 0 Å². The van der Waals surface area contributed by atoms with Crippen molar-refractivity contribution < 1.29 is 23.7 Å². The fraction of sp³-hybridized carbons (Fsp3) is 0.952. The Hall–Kier alpha value is -0.650. The summed E-state index contributed by atoms with van der Waals surface area (Å²) >= 11 is 0.